The summed E-state index contributed by atoms with van der Waals surface area (Å²) in [4.78, 5) is 4.06. The van der Waals surface area contributed by atoms with E-state index in [4.69, 9.17) is 11.6 Å². The summed E-state index contributed by atoms with van der Waals surface area (Å²) in [5, 5.41) is 4.50. The van der Waals surface area contributed by atoms with E-state index in [0.29, 0.717) is 18.0 Å². The van der Waals surface area contributed by atoms with E-state index < -0.39 is 0 Å². The smallest absolute Gasteiger partial charge is 0.0406 e. The van der Waals surface area contributed by atoms with E-state index in [0.717, 1.165) is 5.02 Å². The highest BCUT2D eigenvalue weighted by atomic mass is 35.5. The van der Waals surface area contributed by atoms with E-state index in [9.17, 15) is 0 Å². The molecule has 20 heavy (non-hydrogen) atoms. The molecule has 1 aliphatic rings. The van der Waals surface area contributed by atoms with Crippen molar-refractivity contribution in [3.05, 3.63) is 64.9 Å². The molecular formula is C17H19ClN2. The molecule has 0 saturated heterocycles. The van der Waals surface area contributed by atoms with E-state index in [2.05, 4.69) is 41.5 Å². The minimum absolute atomic E-state index is 0.383. The van der Waals surface area contributed by atoms with Gasteiger partial charge in [0.25, 0.3) is 0 Å². The summed E-state index contributed by atoms with van der Waals surface area (Å²) in [6.07, 6.45) is 6.11. The SMILES string of the molecule is CC(NC1CC(c2ccc(Cl)cc2)C1)c1ccncc1. The molecule has 0 aliphatic heterocycles. The van der Waals surface area contributed by atoms with Gasteiger partial charge in [0.15, 0.2) is 0 Å². The number of rotatable bonds is 4. The molecule has 1 N–H and O–H groups in total. The zero-order valence-electron chi connectivity index (χ0n) is 11.6. The number of aromatic nitrogens is 1. The molecule has 2 aromatic rings. The molecule has 3 rings (SSSR count). The van der Waals surface area contributed by atoms with Crippen LogP contribution < -0.4 is 5.32 Å². The van der Waals surface area contributed by atoms with Crippen LogP contribution in [0.3, 0.4) is 0 Å². The summed E-state index contributed by atoms with van der Waals surface area (Å²) < 4.78 is 0. The molecule has 0 amide bonds. The largest absolute Gasteiger partial charge is 0.307 e. The van der Waals surface area contributed by atoms with Gasteiger partial charge in [-0.2, -0.15) is 0 Å². The minimum atomic E-state index is 0.383. The highest BCUT2D eigenvalue weighted by Crippen LogP contribution is 2.38. The molecule has 1 aromatic heterocycles. The molecule has 0 bridgehead atoms. The van der Waals surface area contributed by atoms with Gasteiger partial charge in [0.2, 0.25) is 0 Å². The minimum Gasteiger partial charge on any atom is -0.307 e. The Hall–Kier alpha value is -1.38. The summed E-state index contributed by atoms with van der Waals surface area (Å²) in [6.45, 7) is 2.21. The molecule has 1 saturated carbocycles. The standard InChI is InChI=1S/C17H19ClN2/c1-12(13-6-8-19-9-7-13)20-17-10-15(11-17)14-2-4-16(18)5-3-14/h2-9,12,15,17,20H,10-11H2,1H3. The molecular weight excluding hydrogens is 268 g/mol. The summed E-state index contributed by atoms with van der Waals surface area (Å²) >= 11 is 5.93. The van der Waals surface area contributed by atoms with Crippen molar-refractivity contribution in [3.8, 4) is 0 Å². The van der Waals surface area contributed by atoms with Gasteiger partial charge in [-0.05, 0) is 61.1 Å². The Kier molecular flexibility index (Phi) is 4.04. The van der Waals surface area contributed by atoms with E-state index in [1.165, 1.54) is 24.0 Å². The van der Waals surface area contributed by atoms with Crippen LogP contribution in [-0.4, -0.2) is 11.0 Å². The third-order valence-electron chi connectivity index (χ3n) is 4.17. The van der Waals surface area contributed by atoms with Gasteiger partial charge in [-0.3, -0.25) is 4.98 Å². The Morgan fingerprint density at radius 3 is 2.40 bits per heavy atom. The molecule has 1 heterocycles. The van der Waals surface area contributed by atoms with Crippen molar-refractivity contribution in [3.63, 3.8) is 0 Å². The average Bonchev–Trinajstić information content (AvgIpc) is 2.44. The van der Waals surface area contributed by atoms with Gasteiger partial charge >= 0.3 is 0 Å². The Morgan fingerprint density at radius 1 is 1.10 bits per heavy atom. The van der Waals surface area contributed by atoms with Crippen LogP contribution in [0.15, 0.2) is 48.8 Å². The average molecular weight is 287 g/mol. The van der Waals surface area contributed by atoms with Crippen LogP contribution in [0, 0.1) is 0 Å². The Bertz CT molecular complexity index is 547. The lowest BCUT2D eigenvalue weighted by Gasteiger charge is -2.38. The van der Waals surface area contributed by atoms with Crippen LogP contribution >= 0.6 is 11.6 Å². The number of halogens is 1. The molecule has 2 nitrogen and oxygen atoms in total. The second-order valence-corrected chi connectivity index (χ2v) is 6.02. The number of nitrogens with one attached hydrogen (secondary N) is 1. The maximum absolute atomic E-state index is 5.93. The van der Waals surface area contributed by atoms with Crippen LogP contribution in [0.5, 0.6) is 0 Å². The molecule has 1 aliphatic carbocycles. The Balaban J connectivity index is 1.52. The third kappa shape index (κ3) is 3.02. The molecule has 1 aromatic carbocycles. The molecule has 1 fully saturated rings. The highest BCUT2D eigenvalue weighted by Gasteiger charge is 2.30. The maximum Gasteiger partial charge on any atom is 0.0406 e. The first-order valence-electron chi connectivity index (χ1n) is 7.14. The first-order chi connectivity index (χ1) is 9.72. The number of pyridine rings is 1. The van der Waals surface area contributed by atoms with E-state index in [-0.39, 0.29) is 0 Å². The quantitative estimate of drug-likeness (QED) is 0.905. The maximum atomic E-state index is 5.93. The van der Waals surface area contributed by atoms with E-state index in [1.807, 2.05) is 24.5 Å². The van der Waals surface area contributed by atoms with Crippen LogP contribution in [0.2, 0.25) is 5.02 Å². The molecule has 104 valence electrons. The van der Waals surface area contributed by atoms with Gasteiger partial charge in [0.1, 0.15) is 0 Å². The lowest BCUT2D eigenvalue weighted by molar-refractivity contribution is 0.271. The predicted molar refractivity (Wildman–Crippen MR) is 83.0 cm³/mol. The topological polar surface area (TPSA) is 24.9 Å². The lowest BCUT2D eigenvalue weighted by atomic mass is 9.75. The summed E-state index contributed by atoms with van der Waals surface area (Å²) in [7, 11) is 0. The van der Waals surface area contributed by atoms with Crippen molar-refractivity contribution in [2.45, 2.75) is 37.8 Å². The van der Waals surface area contributed by atoms with Crippen molar-refractivity contribution in [2.24, 2.45) is 0 Å². The summed E-state index contributed by atoms with van der Waals surface area (Å²) in [6, 6.07) is 13.4. The first-order valence-corrected chi connectivity index (χ1v) is 7.51. The Morgan fingerprint density at radius 2 is 1.75 bits per heavy atom. The van der Waals surface area contributed by atoms with Crippen LogP contribution in [-0.2, 0) is 0 Å². The molecule has 3 heteroatoms. The number of hydrogen-bond acceptors (Lipinski definition) is 2. The summed E-state index contributed by atoms with van der Waals surface area (Å²) in [5.41, 5.74) is 2.71. The van der Waals surface area contributed by atoms with Crippen LogP contribution in [0.25, 0.3) is 0 Å². The van der Waals surface area contributed by atoms with Crippen LogP contribution in [0.1, 0.15) is 42.9 Å². The predicted octanol–water partition coefficient (Wildman–Crippen LogP) is 4.33. The molecule has 0 spiro atoms. The molecule has 1 atom stereocenters. The van der Waals surface area contributed by atoms with Gasteiger partial charge in [0, 0.05) is 29.5 Å². The lowest BCUT2D eigenvalue weighted by Crippen LogP contribution is -2.41. The third-order valence-corrected chi connectivity index (χ3v) is 4.42. The fourth-order valence-corrected chi connectivity index (χ4v) is 2.99. The van der Waals surface area contributed by atoms with Crippen LogP contribution in [0.4, 0.5) is 0 Å². The summed E-state index contributed by atoms with van der Waals surface area (Å²) in [5.74, 6) is 0.675. The normalized spacial score (nSPS) is 23.1. The second-order valence-electron chi connectivity index (χ2n) is 5.59. The van der Waals surface area contributed by atoms with Gasteiger partial charge in [-0.15, -0.1) is 0 Å². The van der Waals surface area contributed by atoms with E-state index >= 15 is 0 Å². The zero-order chi connectivity index (χ0) is 13.9. The van der Waals surface area contributed by atoms with Crippen molar-refractivity contribution in [1.29, 1.82) is 0 Å². The van der Waals surface area contributed by atoms with Gasteiger partial charge in [-0.1, -0.05) is 23.7 Å². The van der Waals surface area contributed by atoms with Crippen molar-refractivity contribution in [2.75, 3.05) is 0 Å². The van der Waals surface area contributed by atoms with Crippen molar-refractivity contribution < 1.29 is 0 Å². The van der Waals surface area contributed by atoms with Gasteiger partial charge in [0.05, 0.1) is 0 Å². The molecule has 0 radical (unpaired) electrons. The second kappa shape index (κ2) is 5.94. The fraction of sp³-hybridized carbons (Fsp3) is 0.353. The number of benzene rings is 1. The monoisotopic (exact) mass is 286 g/mol. The van der Waals surface area contributed by atoms with Gasteiger partial charge in [-0.25, -0.2) is 0 Å². The first kappa shape index (κ1) is 13.6. The fourth-order valence-electron chi connectivity index (χ4n) is 2.86. The Labute approximate surface area is 125 Å². The van der Waals surface area contributed by atoms with E-state index in [1.54, 1.807) is 0 Å². The van der Waals surface area contributed by atoms with Crippen molar-refractivity contribution >= 4 is 11.6 Å². The highest BCUT2D eigenvalue weighted by molar-refractivity contribution is 6.30. The zero-order valence-corrected chi connectivity index (χ0v) is 12.3. The number of nitrogens with zero attached hydrogens (tertiary/aromatic N) is 1. The number of hydrogen-bond donors (Lipinski definition) is 1. The van der Waals surface area contributed by atoms with Crippen molar-refractivity contribution in [1.82, 2.24) is 10.3 Å². The molecule has 1 unspecified atom stereocenters. The van der Waals surface area contributed by atoms with Gasteiger partial charge < -0.3 is 5.32 Å².